The number of aliphatic hydroxyl groups is 5. The van der Waals surface area contributed by atoms with Gasteiger partial charge in [-0.05, 0) is 160 Å². The number of hydrogen-bond donors (Lipinski definition) is 5. The Morgan fingerprint density at radius 1 is 0.455 bits per heavy atom. The number of rotatable bonds is 17. The number of aliphatic hydroxyl groups excluding tert-OH is 5. The van der Waals surface area contributed by atoms with E-state index in [9.17, 15) is 25.5 Å². The second-order valence-corrected chi connectivity index (χ2v) is 19.2. The molecule has 10 nitrogen and oxygen atoms in total. The highest BCUT2D eigenvalue weighted by Gasteiger charge is 2.32. The number of allylic oxidation sites excluding steroid dienone is 5. The Morgan fingerprint density at radius 3 is 1.17 bits per heavy atom. The summed E-state index contributed by atoms with van der Waals surface area (Å²) in [6.07, 6.45) is 34.6. The third kappa shape index (κ3) is 25.7. The van der Waals surface area contributed by atoms with E-state index < -0.39 is 0 Å². The molecule has 0 spiro atoms. The van der Waals surface area contributed by atoms with Crippen molar-refractivity contribution in [3.63, 3.8) is 0 Å². The van der Waals surface area contributed by atoms with Crippen LogP contribution in [0.4, 0.5) is 0 Å². The average Bonchev–Trinajstić information content (AvgIpc) is 3.31. The van der Waals surface area contributed by atoms with Crippen molar-refractivity contribution in [2.75, 3.05) is 19.8 Å². The Morgan fingerprint density at radius 2 is 0.788 bits per heavy atom. The van der Waals surface area contributed by atoms with E-state index in [4.69, 9.17) is 36.5 Å². The zero-order valence-electron chi connectivity index (χ0n) is 41.8. The third-order valence-corrected chi connectivity index (χ3v) is 13.1. The highest BCUT2D eigenvalue weighted by Crippen LogP contribution is 2.31. The molecule has 5 fully saturated rings. The molecule has 5 rings (SSSR count). The molecule has 66 heavy (non-hydrogen) atoms. The van der Waals surface area contributed by atoms with Gasteiger partial charge in [-0.1, -0.05) is 55.6 Å². The fraction of sp³-hybridized carbons (Fsp3) is 0.750. The normalized spacial score (nSPS) is 34.0. The Balaban J connectivity index is 0.000000413. The lowest BCUT2D eigenvalue weighted by molar-refractivity contribution is -0.0898. The van der Waals surface area contributed by atoms with Crippen LogP contribution in [0.2, 0.25) is 0 Å². The zero-order valence-corrected chi connectivity index (χ0v) is 41.8. The smallest absolute Gasteiger partial charge is 0.107 e. The highest BCUT2D eigenvalue weighted by molar-refractivity contribution is 4.94. The quantitative estimate of drug-likeness (QED) is 0.0543. The van der Waals surface area contributed by atoms with E-state index in [0.29, 0.717) is 36.2 Å². The van der Waals surface area contributed by atoms with E-state index in [0.717, 1.165) is 116 Å². The summed E-state index contributed by atoms with van der Waals surface area (Å²) >= 11 is 0. The van der Waals surface area contributed by atoms with Gasteiger partial charge in [-0.25, -0.2) is 0 Å². The van der Waals surface area contributed by atoms with Crippen LogP contribution in [0.3, 0.4) is 0 Å². The highest BCUT2D eigenvalue weighted by atomic mass is 16.5. The molecule has 0 saturated heterocycles. The first-order chi connectivity index (χ1) is 31.6. The lowest BCUT2D eigenvalue weighted by Gasteiger charge is -2.33. The maximum absolute atomic E-state index is 9.75. The van der Waals surface area contributed by atoms with Gasteiger partial charge in [0.1, 0.15) is 13.2 Å². The molecule has 15 atom stereocenters. The molecule has 5 aliphatic rings. The third-order valence-electron chi connectivity index (χ3n) is 13.1. The lowest BCUT2D eigenvalue weighted by atomic mass is 9.85. The summed E-state index contributed by atoms with van der Waals surface area (Å²) in [5.74, 6) is 7.24. The van der Waals surface area contributed by atoms with Gasteiger partial charge < -0.3 is 49.2 Å². The minimum Gasteiger partial charge on any atom is -0.390 e. The van der Waals surface area contributed by atoms with E-state index in [1.807, 2.05) is 58.1 Å². The molecule has 15 unspecified atom stereocenters. The monoisotopic (exact) mass is 927 g/mol. The molecule has 378 valence electrons. The van der Waals surface area contributed by atoms with E-state index in [-0.39, 0.29) is 79.9 Å². The molecule has 5 aliphatic carbocycles. The summed E-state index contributed by atoms with van der Waals surface area (Å²) in [6.45, 7) is 30.3. The average molecular weight is 927 g/mol. The standard InChI is InChI=1S/C12H22O2.2C11H20O2.2C11H16O2/c1-3-5-8-14-12-9-10(4-2)6-7-11(12)13;1-4-9-5-6-11(10(12)7-9)13-8(2)3;1-4-9-5-6-10(12)11(7-9)13-8(2)3;1-3-7-13-11-6-5-9(4-2)8-10(11)12;1-3-7-13-11-8-9(4-2)5-6-10(11)12/h4,10-13H,2-3,5-9H2,1H3;2*4,8-12H,1,5-7H2,2-3H3;2*1,4,9-12H,2,5-8H2. The largest absolute Gasteiger partial charge is 0.390 e. The molecule has 5 saturated carbocycles. The van der Waals surface area contributed by atoms with Crippen LogP contribution in [0.5, 0.6) is 0 Å². The predicted octanol–water partition coefficient (Wildman–Crippen LogP) is 9.48. The van der Waals surface area contributed by atoms with Crippen LogP contribution in [-0.4, -0.2) is 119 Å². The molecule has 0 heterocycles. The molecule has 0 aliphatic heterocycles. The molecule has 0 radical (unpaired) electrons. The van der Waals surface area contributed by atoms with Gasteiger partial charge in [-0.2, -0.15) is 0 Å². The van der Waals surface area contributed by atoms with Gasteiger partial charge in [0, 0.05) is 6.61 Å². The van der Waals surface area contributed by atoms with E-state index in [1.165, 1.54) is 0 Å². The van der Waals surface area contributed by atoms with E-state index in [1.54, 1.807) is 0 Å². The van der Waals surface area contributed by atoms with Gasteiger partial charge in [0.05, 0.1) is 73.2 Å². The lowest BCUT2D eigenvalue weighted by Crippen LogP contribution is -2.37. The zero-order chi connectivity index (χ0) is 49.4. The van der Waals surface area contributed by atoms with Crippen LogP contribution < -0.4 is 0 Å². The summed E-state index contributed by atoms with van der Waals surface area (Å²) in [6, 6.07) is 0. The summed E-state index contributed by atoms with van der Waals surface area (Å²) in [4.78, 5) is 0. The Bertz CT molecular complexity index is 1380. The van der Waals surface area contributed by atoms with E-state index in [2.05, 4.69) is 51.7 Å². The maximum Gasteiger partial charge on any atom is 0.107 e. The summed E-state index contributed by atoms with van der Waals surface area (Å²) < 4.78 is 27.6. The fourth-order valence-electron chi connectivity index (χ4n) is 9.05. The SMILES string of the molecule is C#CCOC1CC(C=C)CCC1O.C#CCOC1CCC(C=C)CC1O.C=CC1CCC(O)C(OC(C)C)C1.C=CC1CCC(O)C(OCCCC)C1.C=CC1CCC(OC(C)C)C(O)C1. The van der Waals surface area contributed by atoms with Crippen molar-refractivity contribution in [1.29, 1.82) is 0 Å². The minimum absolute atomic E-state index is 0.0109. The summed E-state index contributed by atoms with van der Waals surface area (Å²) in [5.41, 5.74) is 0. The first kappa shape index (κ1) is 61.4. The molecule has 0 aromatic carbocycles. The Hall–Kier alpha value is -2.58. The van der Waals surface area contributed by atoms with Crippen molar-refractivity contribution >= 4 is 0 Å². The van der Waals surface area contributed by atoms with Crippen molar-refractivity contribution in [3.05, 3.63) is 63.3 Å². The van der Waals surface area contributed by atoms with Gasteiger partial charge in [0.25, 0.3) is 0 Å². The minimum atomic E-state index is -0.384. The molecular formula is C56H94O10. The van der Waals surface area contributed by atoms with Crippen molar-refractivity contribution in [1.82, 2.24) is 0 Å². The van der Waals surface area contributed by atoms with Crippen LogP contribution in [0.15, 0.2) is 63.3 Å². The summed E-state index contributed by atoms with van der Waals surface area (Å²) in [7, 11) is 0. The first-order valence-corrected chi connectivity index (χ1v) is 25.1. The van der Waals surface area contributed by atoms with Crippen LogP contribution >= 0.6 is 0 Å². The van der Waals surface area contributed by atoms with Crippen LogP contribution in [-0.2, 0) is 23.7 Å². The molecule has 0 aromatic rings. The number of unbranched alkanes of at least 4 members (excludes halogenated alkanes) is 1. The molecule has 0 aromatic heterocycles. The molecule has 10 heteroatoms. The van der Waals surface area contributed by atoms with Gasteiger partial charge in [-0.15, -0.1) is 45.7 Å². The van der Waals surface area contributed by atoms with E-state index >= 15 is 0 Å². The Labute approximate surface area is 402 Å². The first-order valence-electron chi connectivity index (χ1n) is 25.1. The van der Waals surface area contributed by atoms with Gasteiger partial charge >= 0.3 is 0 Å². The van der Waals surface area contributed by atoms with Gasteiger partial charge in [0.2, 0.25) is 0 Å². The summed E-state index contributed by atoms with van der Waals surface area (Å²) in [5, 5.41) is 48.4. The molecule has 0 bridgehead atoms. The van der Waals surface area contributed by atoms with Gasteiger partial charge in [0.15, 0.2) is 0 Å². The topological polar surface area (TPSA) is 147 Å². The predicted molar refractivity (Wildman–Crippen MR) is 270 cm³/mol. The maximum atomic E-state index is 9.75. The van der Waals surface area contributed by atoms with Crippen LogP contribution in [0.1, 0.15) is 144 Å². The second kappa shape index (κ2) is 36.4. The molecule has 0 amide bonds. The van der Waals surface area contributed by atoms with Gasteiger partial charge in [-0.3, -0.25) is 0 Å². The van der Waals surface area contributed by atoms with Crippen molar-refractivity contribution < 1.29 is 49.2 Å². The number of ether oxygens (including phenoxy) is 5. The second-order valence-electron chi connectivity index (χ2n) is 19.2. The van der Waals surface area contributed by atoms with Crippen LogP contribution in [0, 0.1) is 54.3 Å². The fourth-order valence-corrected chi connectivity index (χ4v) is 9.05. The molecule has 5 N–H and O–H groups in total. The van der Waals surface area contributed by atoms with Crippen molar-refractivity contribution in [2.24, 2.45) is 29.6 Å². The Kier molecular flexibility index (Phi) is 33.9. The van der Waals surface area contributed by atoms with Crippen molar-refractivity contribution in [2.45, 2.75) is 217 Å². The number of terminal acetylenes is 2. The number of hydrogen-bond acceptors (Lipinski definition) is 10. The van der Waals surface area contributed by atoms with Crippen molar-refractivity contribution in [3.8, 4) is 24.7 Å². The molecular weight excluding hydrogens is 833 g/mol. The van der Waals surface area contributed by atoms with Crippen LogP contribution in [0.25, 0.3) is 0 Å².